The molecular weight excluding hydrogens is 330 g/mol. The van der Waals surface area contributed by atoms with E-state index >= 15 is 0 Å². The van der Waals surface area contributed by atoms with Gasteiger partial charge in [0.1, 0.15) is 11.5 Å². The molecule has 1 aliphatic heterocycles. The summed E-state index contributed by atoms with van der Waals surface area (Å²) in [6.45, 7) is 0.174. The molecule has 0 amide bonds. The summed E-state index contributed by atoms with van der Waals surface area (Å²) in [5.74, 6) is 6.27. The summed E-state index contributed by atoms with van der Waals surface area (Å²) in [4.78, 5) is 0.0571. The van der Waals surface area contributed by atoms with Crippen molar-refractivity contribution in [2.75, 3.05) is 18.9 Å². The Kier molecular flexibility index (Phi) is 5.97. The lowest BCUT2D eigenvalue weighted by Crippen LogP contribution is -2.30. The van der Waals surface area contributed by atoms with Gasteiger partial charge in [-0.15, -0.1) is 0 Å². The quantitative estimate of drug-likeness (QED) is 0.817. The second-order valence-corrected chi connectivity index (χ2v) is 8.14. The SMILES string of the molecule is O=S(=O)(NCC1CCCS1)c1ccc(C#CCO)cc1Cl. The molecule has 1 heterocycles. The molecule has 0 saturated carbocycles. The number of hydrogen-bond donors (Lipinski definition) is 2. The molecule has 1 aliphatic rings. The fourth-order valence-corrected chi connectivity index (χ4v) is 4.95. The maximum atomic E-state index is 12.3. The van der Waals surface area contributed by atoms with E-state index in [0.717, 1.165) is 18.6 Å². The molecule has 21 heavy (non-hydrogen) atoms. The number of rotatable bonds is 4. The van der Waals surface area contributed by atoms with Crippen LogP contribution in [0, 0.1) is 11.8 Å². The molecule has 4 nitrogen and oxygen atoms in total. The molecule has 1 aromatic carbocycles. The molecule has 1 unspecified atom stereocenters. The summed E-state index contributed by atoms with van der Waals surface area (Å²) < 4.78 is 27.1. The van der Waals surface area contributed by atoms with E-state index in [1.807, 2.05) is 0 Å². The van der Waals surface area contributed by atoms with Crippen LogP contribution in [-0.4, -0.2) is 37.7 Å². The number of nitrogens with one attached hydrogen (secondary N) is 1. The Balaban J connectivity index is 2.11. The highest BCUT2D eigenvalue weighted by Gasteiger charge is 2.22. The molecule has 1 saturated heterocycles. The predicted octanol–water partition coefficient (Wildman–Crippen LogP) is 1.86. The number of benzene rings is 1. The van der Waals surface area contributed by atoms with Crippen LogP contribution in [0.5, 0.6) is 0 Å². The zero-order valence-corrected chi connectivity index (χ0v) is 13.7. The maximum Gasteiger partial charge on any atom is 0.242 e. The zero-order valence-electron chi connectivity index (χ0n) is 11.3. The van der Waals surface area contributed by atoms with Crippen molar-refractivity contribution in [1.82, 2.24) is 4.72 Å². The van der Waals surface area contributed by atoms with Crippen molar-refractivity contribution >= 4 is 33.4 Å². The van der Waals surface area contributed by atoms with Crippen LogP contribution in [0.4, 0.5) is 0 Å². The minimum Gasteiger partial charge on any atom is -0.384 e. The molecule has 0 aromatic heterocycles. The van der Waals surface area contributed by atoms with Crippen LogP contribution in [-0.2, 0) is 10.0 Å². The lowest BCUT2D eigenvalue weighted by Gasteiger charge is -2.12. The Labute approximate surface area is 134 Å². The third-order valence-electron chi connectivity index (χ3n) is 3.06. The van der Waals surface area contributed by atoms with Crippen molar-refractivity contribution in [3.8, 4) is 11.8 Å². The standard InChI is InChI=1S/C14H16ClNO3S2/c15-13-9-11(3-1-7-17)5-6-14(13)21(18,19)16-10-12-4-2-8-20-12/h5-6,9,12,16-17H,2,4,7-8,10H2. The number of hydrogen-bond acceptors (Lipinski definition) is 4. The van der Waals surface area contributed by atoms with E-state index in [1.165, 1.54) is 12.1 Å². The number of aliphatic hydroxyl groups is 1. The van der Waals surface area contributed by atoms with Crippen molar-refractivity contribution in [1.29, 1.82) is 0 Å². The first-order valence-corrected chi connectivity index (χ1v) is 9.44. The molecule has 0 aliphatic carbocycles. The van der Waals surface area contributed by atoms with Gasteiger partial charge in [-0.05, 0) is 36.8 Å². The van der Waals surface area contributed by atoms with Gasteiger partial charge in [-0.1, -0.05) is 23.4 Å². The van der Waals surface area contributed by atoms with Crippen LogP contribution < -0.4 is 4.72 Å². The average Bonchev–Trinajstić information content (AvgIpc) is 2.96. The van der Waals surface area contributed by atoms with E-state index in [9.17, 15) is 8.42 Å². The van der Waals surface area contributed by atoms with Crippen LogP contribution in [0.15, 0.2) is 23.1 Å². The van der Waals surface area contributed by atoms with Gasteiger partial charge in [0.15, 0.2) is 0 Å². The Morgan fingerprint density at radius 2 is 2.29 bits per heavy atom. The summed E-state index contributed by atoms with van der Waals surface area (Å²) in [5.41, 5.74) is 0.569. The van der Waals surface area contributed by atoms with Crippen LogP contribution in [0.2, 0.25) is 5.02 Å². The van der Waals surface area contributed by atoms with Crippen molar-refractivity contribution in [2.24, 2.45) is 0 Å². The summed E-state index contributed by atoms with van der Waals surface area (Å²) in [6, 6.07) is 4.50. The molecule has 2 N–H and O–H groups in total. The first-order valence-electron chi connectivity index (χ1n) is 6.53. The number of aliphatic hydroxyl groups excluding tert-OH is 1. The lowest BCUT2D eigenvalue weighted by molar-refractivity contribution is 0.350. The summed E-state index contributed by atoms with van der Waals surface area (Å²) >= 11 is 7.83. The van der Waals surface area contributed by atoms with Crippen LogP contribution in [0.25, 0.3) is 0 Å². The molecule has 7 heteroatoms. The highest BCUT2D eigenvalue weighted by molar-refractivity contribution is 8.00. The highest BCUT2D eigenvalue weighted by Crippen LogP contribution is 2.27. The van der Waals surface area contributed by atoms with Crippen LogP contribution in [0.1, 0.15) is 18.4 Å². The maximum absolute atomic E-state index is 12.3. The number of halogens is 1. The van der Waals surface area contributed by atoms with E-state index in [-0.39, 0.29) is 16.5 Å². The number of sulfonamides is 1. The Bertz CT molecular complexity index is 659. The second-order valence-electron chi connectivity index (χ2n) is 4.59. The Morgan fingerprint density at radius 1 is 1.48 bits per heavy atom. The number of thioether (sulfide) groups is 1. The average molecular weight is 346 g/mol. The van der Waals surface area contributed by atoms with E-state index < -0.39 is 10.0 Å². The summed E-state index contributed by atoms with van der Waals surface area (Å²) in [7, 11) is -3.61. The van der Waals surface area contributed by atoms with E-state index in [4.69, 9.17) is 16.7 Å². The third-order valence-corrected chi connectivity index (χ3v) is 6.36. The molecule has 114 valence electrons. The van der Waals surface area contributed by atoms with Gasteiger partial charge >= 0.3 is 0 Å². The summed E-state index contributed by atoms with van der Waals surface area (Å²) in [5, 5.41) is 9.11. The minimum absolute atomic E-state index is 0.0571. The molecule has 0 radical (unpaired) electrons. The highest BCUT2D eigenvalue weighted by atomic mass is 35.5. The van der Waals surface area contributed by atoms with Gasteiger partial charge in [0, 0.05) is 17.4 Å². The van der Waals surface area contributed by atoms with Gasteiger partial charge in [-0.3, -0.25) is 0 Å². The molecule has 1 aromatic rings. The largest absolute Gasteiger partial charge is 0.384 e. The van der Waals surface area contributed by atoms with Crippen molar-refractivity contribution in [3.05, 3.63) is 28.8 Å². The zero-order chi connectivity index (χ0) is 15.3. The first kappa shape index (κ1) is 16.7. The van der Waals surface area contributed by atoms with Crippen molar-refractivity contribution in [2.45, 2.75) is 23.0 Å². The van der Waals surface area contributed by atoms with Crippen LogP contribution >= 0.6 is 23.4 Å². The predicted molar refractivity (Wildman–Crippen MR) is 86.1 cm³/mol. The fraction of sp³-hybridized carbons (Fsp3) is 0.429. The molecule has 2 rings (SSSR count). The van der Waals surface area contributed by atoms with Gasteiger partial charge in [-0.25, -0.2) is 13.1 Å². The topological polar surface area (TPSA) is 66.4 Å². The molecule has 1 fully saturated rings. The van der Waals surface area contributed by atoms with Gasteiger partial charge in [-0.2, -0.15) is 11.8 Å². The molecule has 0 bridgehead atoms. The van der Waals surface area contributed by atoms with Gasteiger partial charge < -0.3 is 5.11 Å². The van der Waals surface area contributed by atoms with E-state index in [1.54, 1.807) is 17.8 Å². The van der Waals surface area contributed by atoms with Gasteiger partial charge in [0.05, 0.1) is 5.02 Å². The van der Waals surface area contributed by atoms with Gasteiger partial charge in [0.2, 0.25) is 10.0 Å². The monoisotopic (exact) mass is 345 g/mol. The molecule has 0 spiro atoms. The second kappa shape index (κ2) is 7.52. The van der Waals surface area contributed by atoms with Crippen molar-refractivity contribution in [3.63, 3.8) is 0 Å². The minimum atomic E-state index is -3.61. The van der Waals surface area contributed by atoms with Gasteiger partial charge in [0.25, 0.3) is 0 Å². The fourth-order valence-electron chi connectivity index (χ4n) is 2.02. The summed E-state index contributed by atoms with van der Waals surface area (Å²) in [6.07, 6.45) is 2.17. The molecular formula is C14H16ClNO3S2. The Morgan fingerprint density at radius 3 is 2.90 bits per heavy atom. The Hall–Kier alpha value is -0.710. The molecule has 1 atom stereocenters. The third kappa shape index (κ3) is 4.63. The lowest BCUT2D eigenvalue weighted by atomic mass is 10.2. The normalized spacial score (nSPS) is 18.3. The smallest absolute Gasteiger partial charge is 0.242 e. The first-order chi connectivity index (χ1) is 10.0. The van der Waals surface area contributed by atoms with Crippen molar-refractivity contribution < 1.29 is 13.5 Å². The van der Waals surface area contributed by atoms with E-state index in [2.05, 4.69) is 16.6 Å². The van der Waals surface area contributed by atoms with Crippen LogP contribution in [0.3, 0.4) is 0 Å². The van der Waals surface area contributed by atoms with E-state index in [0.29, 0.717) is 17.4 Å².